The van der Waals surface area contributed by atoms with Crippen LogP contribution in [0.4, 0.5) is 0 Å². The Hall–Kier alpha value is -1.35. The first-order valence-corrected chi connectivity index (χ1v) is 6.72. The van der Waals surface area contributed by atoms with Gasteiger partial charge in [0.1, 0.15) is 6.61 Å². The van der Waals surface area contributed by atoms with E-state index < -0.39 is 0 Å². The maximum absolute atomic E-state index is 12.0. The second kappa shape index (κ2) is 6.55. The van der Waals surface area contributed by atoms with Gasteiger partial charge in [-0.15, -0.1) is 0 Å². The smallest absolute Gasteiger partial charge is 0.248 e. The third-order valence-electron chi connectivity index (χ3n) is 3.44. The summed E-state index contributed by atoms with van der Waals surface area (Å²) < 4.78 is 5.22. The molecule has 1 saturated heterocycles. The molecule has 18 heavy (non-hydrogen) atoms. The summed E-state index contributed by atoms with van der Waals surface area (Å²) >= 11 is 0. The number of amides is 1. The molecule has 0 spiro atoms. The van der Waals surface area contributed by atoms with E-state index in [0.717, 1.165) is 25.8 Å². The molecule has 1 unspecified atom stereocenters. The second-order valence-corrected chi connectivity index (χ2v) is 4.71. The van der Waals surface area contributed by atoms with Gasteiger partial charge in [0.2, 0.25) is 5.91 Å². The minimum atomic E-state index is 0.135. The van der Waals surface area contributed by atoms with Gasteiger partial charge in [0.05, 0.1) is 0 Å². The van der Waals surface area contributed by atoms with Gasteiger partial charge in [-0.05, 0) is 31.7 Å². The zero-order chi connectivity index (χ0) is 12.8. The number of benzene rings is 1. The van der Waals surface area contributed by atoms with Crippen molar-refractivity contribution >= 4 is 5.91 Å². The zero-order valence-corrected chi connectivity index (χ0v) is 11.0. The van der Waals surface area contributed by atoms with Crippen molar-refractivity contribution in [3.05, 3.63) is 35.9 Å². The molecule has 0 aromatic heterocycles. The highest BCUT2D eigenvalue weighted by Gasteiger charge is 2.28. The van der Waals surface area contributed by atoms with Crippen LogP contribution in [-0.4, -0.2) is 36.6 Å². The van der Waals surface area contributed by atoms with Crippen LogP contribution in [0.5, 0.6) is 0 Å². The Bertz CT molecular complexity index is 377. The highest BCUT2D eigenvalue weighted by atomic mass is 16.5. The van der Waals surface area contributed by atoms with E-state index >= 15 is 0 Å². The number of hydrogen-bond acceptors (Lipinski definition) is 2. The van der Waals surface area contributed by atoms with Gasteiger partial charge in [-0.25, -0.2) is 0 Å². The fourth-order valence-corrected chi connectivity index (χ4v) is 2.53. The average molecular weight is 247 g/mol. The normalized spacial score (nSPS) is 19.2. The molecule has 0 radical (unpaired) electrons. The Morgan fingerprint density at radius 2 is 2.17 bits per heavy atom. The first-order valence-electron chi connectivity index (χ1n) is 6.72. The molecule has 1 atom stereocenters. The van der Waals surface area contributed by atoms with Gasteiger partial charge in [-0.1, -0.05) is 30.3 Å². The Balaban J connectivity index is 1.93. The predicted molar refractivity (Wildman–Crippen MR) is 71.4 cm³/mol. The van der Waals surface area contributed by atoms with Crippen molar-refractivity contribution in [3.63, 3.8) is 0 Å². The maximum atomic E-state index is 12.0. The molecular weight excluding hydrogens is 226 g/mol. The molecule has 0 N–H and O–H groups in total. The van der Waals surface area contributed by atoms with Crippen molar-refractivity contribution in [2.24, 2.45) is 0 Å². The van der Waals surface area contributed by atoms with E-state index in [-0.39, 0.29) is 12.5 Å². The minimum absolute atomic E-state index is 0.135. The fraction of sp³-hybridized carbons (Fsp3) is 0.533. The number of likely N-dealkylation sites (tertiary alicyclic amines) is 1. The molecule has 3 nitrogen and oxygen atoms in total. The topological polar surface area (TPSA) is 29.5 Å². The number of carbonyl (C=O) groups is 1. The van der Waals surface area contributed by atoms with Crippen molar-refractivity contribution in [2.75, 3.05) is 19.8 Å². The van der Waals surface area contributed by atoms with Gasteiger partial charge < -0.3 is 9.64 Å². The molecule has 1 aromatic rings. The third-order valence-corrected chi connectivity index (χ3v) is 3.44. The summed E-state index contributed by atoms with van der Waals surface area (Å²) in [5.41, 5.74) is 1.30. The highest BCUT2D eigenvalue weighted by molar-refractivity contribution is 5.78. The summed E-state index contributed by atoms with van der Waals surface area (Å²) in [6, 6.07) is 10.7. The fourth-order valence-electron chi connectivity index (χ4n) is 2.53. The monoisotopic (exact) mass is 247 g/mol. The van der Waals surface area contributed by atoms with Crippen LogP contribution >= 0.6 is 0 Å². The van der Waals surface area contributed by atoms with Crippen LogP contribution in [-0.2, 0) is 16.0 Å². The van der Waals surface area contributed by atoms with Crippen molar-refractivity contribution in [2.45, 2.75) is 32.2 Å². The van der Waals surface area contributed by atoms with Gasteiger partial charge in [-0.3, -0.25) is 4.79 Å². The molecule has 1 aliphatic rings. The molecule has 1 aliphatic heterocycles. The lowest BCUT2D eigenvalue weighted by Gasteiger charge is -2.24. The summed E-state index contributed by atoms with van der Waals surface area (Å²) in [6.07, 6.45) is 3.17. The van der Waals surface area contributed by atoms with Gasteiger partial charge in [-0.2, -0.15) is 0 Å². The van der Waals surface area contributed by atoms with Crippen molar-refractivity contribution in [1.29, 1.82) is 0 Å². The number of nitrogens with zero attached hydrogens (tertiary/aromatic N) is 1. The molecule has 1 aromatic carbocycles. The Labute approximate surface area is 109 Å². The summed E-state index contributed by atoms with van der Waals surface area (Å²) in [6.45, 7) is 3.62. The molecule has 1 heterocycles. The lowest BCUT2D eigenvalue weighted by molar-refractivity contribution is -0.136. The van der Waals surface area contributed by atoms with E-state index in [1.54, 1.807) is 0 Å². The predicted octanol–water partition coefficient (Wildman–Crippen LogP) is 2.26. The quantitative estimate of drug-likeness (QED) is 0.798. The van der Waals surface area contributed by atoms with Crippen molar-refractivity contribution in [3.8, 4) is 0 Å². The van der Waals surface area contributed by atoms with E-state index in [9.17, 15) is 4.79 Å². The number of hydrogen-bond donors (Lipinski definition) is 0. The summed E-state index contributed by atoms with van der Waals surface area (Å²) in [5.74, 6) is 0.135. The number of rotatable bonds is 5. The maximum Gasteiger partial charge on any atom is 0.248 e. The lowest BCUT2D eigenvalue weighted by atomic mass is 10.0. The van der Waals surface area contributed by atoms with Gasteiger partial charge in [0.15, 0.2) is 0 Å². The molecule has 1 amide bonds. The van der Waals surface area contributed by atoms with E-state index in [4.69, 9.17) is 4.74 Å². The minimum Gasteiger partial charge on any atom is -0.372 e. The highest BCUT2D eigenvalue weighted by Crippen LogP contribution is 2.21. The molecule has 3 heteroatoms. The van der Waals surface area contributed by atoms with Crippen LogP contribution in [0, 0.1) is 0 Å². The molecule has 0 saturated carbocycles. The van der Waals surface area contributed by atoms with Crippen LogP contribution in [0.2, 0.25) is 0 Å². The van der Waals surface area contributed by atoms with E-state index in [1.807, 2.05) is 17.9 Å². The van der Waals surface area contributed by atoms with Crippen LogP contribution in [0.15, 0.2) is 30.3 Å². The lowest BCUT2D eigenvalue weighted by Crippen LogP contribution is -2.39. The first-order chi connectivity index (χ1) is 8.81. The largest absolute Gasteiger partial charge is 0.372 e. The third kappa shape index (κ3) is 3.33. The molecule has 0 bridgehead atoms. The molecule has 1 fully saturated rings. The van der Waals surface area contributed by atoms with E-state index in [0.29, 0.717) is 12.6 Å². The Morgan fingerprint density at radius 1 is 1.39 bits per heavy atom. The van der Waals surface area contributed by atoms with Gasteiger partial charge >= 0.3 is 0 Å². The molecular formula is C15H21NO2. The van der Waals surface area contributed by atoms with Gasteiger partial charge in [0, 0.05) is 19.2 Å². The Kier molecular flexibility index (Phi) is 4.76. The standard InChI is InChI=1S/C15H21NO2/c1-2-18-12-15(17)16-10-6-9-14(16)11-13-7-4-3-5-8-13/h3-5,7-8,14H,2,6,9-12H2,1H3. The van der Waals surface area contributed by atoms with E-state index in [1.165, 1.54) is 5.56 Å². The summed E-state index contributed by atoms with van der Waals surface area (Å²) in [5, 5.41) is 0. The molecule has 98 valence electrons. The van der Waals surface area contributed by atoms with Crippen LogP contribution in [0.3, 0.4) is 0 Å². The van der Waals surface area contributed by atoms with Crippen LogP contribution < -0.4 is 0 Å². The van der Waals surface area contributed by atoms with E-state index in [2.05, 4.69) is 24.3 Å². The number of carbonyl (C=O) groups excluding carboxylic acids is 1. The zero-order valence-electron chi connectivity index (χ0n) is 11.0. The SMILES string of the molecule is CCOCC(=O)N1CCCC1Cc1ccccc1. The second-order valence-electron chi connectivity index (χ2n) is 4.71. The van der Waals surface area contributed by atoms with Crippen molar-refractivity contribution in [1.82, 2.24) is 4.90 Å². The summed E-state index contributed by atoms with van der Waals surface area (Å²) in [4.78, 5) is 14.0. The van der Waals surface area contributed by atoms with Crippen LogP contribution in [0.1, 0.15) is 25.3 Å². The Morgan fingerprint density at radius 3 is 2.89 bits per heavy atom. The van der Waals surface area contributed by atoms with Gasteiger partial charge in [0.25, 0.3) is 0 Å². The molecule has 2 rings (SSSR count). The van der Waals surface area contributed by atoms with Crippen molar-refractivity contribution < 1.29 is 9.53 Å². The number of ether oxygens (including phenoxy) is 1. The first kappa shape index (κ1) is 13.1. The van der Waals surface area contributed by atoms with Crippen LogP contribution in [0.25, 0.3) is 0 Å². The average Bonchev–Trinajstić information content (AvgIpc) is 2.85. The molecule has 0 aliphatic carbocycles. The summed E-state index contributed by atoms with van der Waals surface area (Å²) in [7, 11) is 0.